The SMILES string of the molecule is O=C(O)CN(C1(C(=O)O)CC1c1cccc(Cc2ccccc2)c1)S(=O)(=O)c1ccc(-c2ccc(Cl)cc2)cc1. The number of sulfonamides is 1. The highest BCUT2D eigenvalue weighted by Gasteiger charge is 2.68. The third-order valence-electron chi connectivity index (χ3n) is 7.25. The Labute approximate surface area is 237 Å². The molecule has 2 atom stereocenters. The summed E-state index contributed by atoms with van der Waals surface area (Å²) in [6.07, 6.45) is 0.588. The molecule has 0 radical (unpaired) electrons. The summed E-state index contributed by atoms with van der Waals surface area (Å²) in [7, 11) is -4.49. The van der Waals surface area contributed by atoms with Crippen molar-refractivity contribution in [3.63, 3.8) is 0 Å². The highest BCUT2D eigenvalue weighted by molar-refractivity contribution is 7.89. The van der Waals surface area contributed by atoms with Crippen molar-refractivity contribution in [2.24, 2.45) is 0 Å². The van der Waals surface area contributed by atoms with Crippen molar-refractivity contribution in [2.75, 3.05) is 6.54 Å². The predicted molar refractivity (Wildman–Crippen MR) is 152 cm³/mol. The number of aliphatic carboxylic acids is 2. The van der Waals surface area contributed by atoms with E-state index in [-0.39, 0.29) is 11.3 Å². The predicted octanol–water partition coefficient (Wildman–Crippen LogP) is 5.68. The Morgan fingerprint density at radius 1 is 0.825 bits per heavy atom. The summed E-state index contributed by atoms with van der Waals surface area (Å²) in [5, 5.41) is 20.5. The van der Waals surface area contributed by atoms with Crippen molar-refractivity contribution in [3.8, 4) is 11.1 Å². The third kappa shape index (κ3) is 5.38. The van der Waals surface area contributed by atoms with Gasteiger partial charge in [-0.3, -0.25) is 9.59 Å². The zero-order valence-electron chi connectivity index (χ0n) is 21.3. The van der Waals surface area contributed by atoms with Gasteiger partial charge in [0.1, 0.15) is 12.1 Å². The van der Waals surface area contributed by atoms with E-state index in [0.717, 1.165) is 22.3 Å². The summed E-state index contributed by atoms with van der Waals surface area (Å²) in [6.45, 7) is -0.978. The maximum atomic E-state index is 13.8. The lowest BCUT2D eigenvalue weighted by Gasteiger charge is -2.28. The van der Waals surface area contributed by atoms with Crippen molar-refractivity contribution in [1.82, 2.24) is 4.31 Å². The summed E-state index contributed by atoms with van der Waals surface area (Å²) >= 11 is 5.95. The summed E-state index contributed by atoms with van der Waals surface area (Å²) in [5.74, 6) is -3.53. The monoisotopic (exact) mass is 575 g/mol. The van der Waals surface area contributed by atoms with E-state index in [1.807, 2.05) is 48.5 Å². The Morgan fingerprint density at radius 3 is 2.02 bits per heavy atom. The number of carboxylic acid groups (broad SMARTS) is 2. The van der Waals surface area contributed by atoms with Gasteiger partial charge in [0.15, 0.2) is 0 Å². The van der Waals surface area contributed by atoms with Crippen LogP contribution in [0.4, 0.5) is 0 Å². The summed E-state index contributed by atoms with van der Waals surface area (Å²) in [6, 6.07) is 30.1. The lowest BCUT2D eigenvalue weighted by molar-refractivity contribution is -0.145. The number of hydrogen-bond acceptors (Lipinski definition) is 4. The van der Waals surface area contributed by atoms with Gasteiger partial charge in [0.05, 0.1) is 4.90 Å². The largest absolute Gasteiger partial charge is 0.480 e. The fraction of sp³-hybridized carbons (Fsp3) is 0.161. The number of rotatable bonds is 10. The molecule has 7 nitrogen and oxygen atoms in total. The van der Waals surface area contributed by atoms with Crippen molar-refractivity contribution >= 4 is 33.6 Å². The topological polar surface area (TPSA) is 112 Å². The molecule has 0 aromatic heterocycles. The molecular formula is C31H26ClNO6S. The molecule has 1 aliphatic carbocycles. The van der Waals surface area contributed by atoms with Crippen LogP contribution >= 0.6 is 11.6 Å². The Balaban J connectivity index is 1.48. The van der Waals surface area contributed by atoms with Gasteiger partial charge in [-0.15, -0.1) is 0 Å². The second-order valence-electron chi connectivity index (χ2n) is 9.83. The number of carbonyl (C=O) groups is 2. The molecule has 0 bridgehead atoms. The van der Waals surface area contributed by atoms with Crippen LogP contribution in [-0.2, 0) is 26.0 Å². The van der Waals surface area contributed by atoms with Gasteiger partial charge < -0.3 is 10.2 Å². The van der Waals surface area contributed by atoms with Crippen LogP contribution in [0.2, 0.25) is 5.02 Å². The summed E-state index contributed by atoms with van der Waals surface area (Å²) in [5.41, 5.74) is 2.30. The van der Waals surface area contributed by atoms with E-state index in [4.69, 9.17) is 11.6 Å². The van der Waals surface area contributed by atoms with Crippen LogP contribution in [0.3, 0.4) is 0 Å². The van der Waals surface area contributed by atoms with Crippen LogP contribution in [0.5, 0.6) is 0 Å². The molecule has 0 spiro atoms. The molecule has 1 fully saturated rings. The van der Waals surface area contributed by atoms with Gasteiger partial charge in [0.25, 0.3) is 0 Å². The molecule has 0 saturated heterocycles. The van der Waals surface area contributed by atoms with Gasteiger partial charge in [0, 0.05) is 10.9 Å². The summed E-state index contributed by atoms with van der Waals surface area (Å²) < 4.78 is 28.3. The van der Waals surface area contributed by atoms with E-state index in [2.05, 4.69) is 0 Å². The molecule has 1 saturated carbocycles. The molecule has 4 aromatic carbocycles. The molecular weight excluding hydrogens is 550 g/mol. The van der Waals surface area contributed by atoms with Crippen LogP contribution in [0.15, 0.2) is 108 Å². The fourth-order valence-electron chi connectivity index (χ4n) is 5.17. The number of halogens is 1. The van der Waals surface area contributed by atoms with E-state index in [0.29, 0.717) is 21.3 Å². The quantitative estimate of drug-likeness (QED) is 0.251. The van der Waals surface area contributed by atoms with Crippen LogP contribution < -0.4 is 0 Å². The van der Waals surface area contributed by atoms with Crippen LogP contribution in [0, 0.1) is 0 Å². The molecule has 1 aliphatic rings. The molecule has 2 N–H and O–H groups in total. The van der Waals surface area contributed by atoms with Crippen molar-refractivity contribution < 1.29 is 28.2 Å². The minimum absolute atomic E-state index is 0.0352. The first-order valence-corrected chi connectivity index (χ1v) is 14.4. The van der Waals surface area contributed by atoms with Gasteiger partial charge in [-0.25, -0.2) is 8.42 Å². The normalized spacial score (nSPS) is 18.4. The van der Waals surface area contributed by atoms with Crippen LogP contribution in [0.1, 0.15) is 29.0 Å². The molecule has 9 heteroatoms. The van der Waals surface area contributed by atoms with Gasteiger partial charge in [-0.2, -0.15) is 4.31 Å². The van der Waals surface area contributed by atoms with Gasteiger partial charge in [0.2, 0.25) is 10.0 Å². The molecule has 4 aromatic rings. The number of nitrogens with zero attached hydrogens (tertiary/aromatic N) is 1. The lowest BCUT2D eigenvalue weighted by atomic mass is 9.99. The van der Waals surface area contributed by atoms with Crippen LogP contribution in [0.25, 0.3) is 11.1 Å². The third-order valence-corrected chi connectivity index (χ3v) is 9.41. The van der Waals surface area contributed by atoms with Gasteiger partial charge in [-0.1, -0.05) is 90.5 Å². The molecule has 5 rings (SSSR count). The molecule has 0 aliphatic heterocycles. The number of carboxylic acids is 2. The average molecular weight is 576 g/mol. The molecule has 40 heavy (non-hydrogen) atoms. The minimum atomic E-state index is -4.49. The molecule has 204 valence electrons. The number of hydrogen-bond donors (Lipinski definition) is 2. The van der Waals surface area contributed by atoms with Crippen LogP contribution in [-0.4, -0.2) is 47.0 Å². The van der Waals surface area contributed by atoms with E-state index in [9.17, 15) is 28.2 Å². The minimum Gasteiger partial charge on any atom is -0.480 e. The maximum Gasteiger partial charge on any atom is 0.325 e. The second-order valence-corrected chi connectivity index (χ2v) is 12.1. The van der Waals surface area contributed by atoms with Gasteiger partial charge >= 0.3 is 11.9 Å². The lowest BCUT2D eigenvalue weighted by Crippen LogP contribution is -2.50. The Kier molecular flexibility index (Phi) is 7.51. The molecule has 2 unspecified atom stereocenters. The molecule has 0 amide bonds. The fourth-order valence-corrected chi connectivity index (χ4v) is 7.02. The van der Waals surface area contributed by atoms with Crippen molar-refractivity contribution in [3.05, 3.63) is 125 Å². The molecule has 0 heterocycles. The highest BCUT2D eigenvalue weighted by Crippen LogP contribution is 2.57. The first-order chi connectivity index (χ1) is 19.1. The Morgan fingerprint density at radius 2 is 1.43 bits per heavy atom. The Bertz CT molecular complexity index is 1660. The average Bonchev–Trinajstić information content (AvgIpc) is 3.70. The van der Waals surface area contributed by atoms with Gasteiger partial charge in [-0.05, 0) is 64.9 Å². The van der Waals surface area contributed by atoms with Crippen molar-refractivity contribution in [1.29, 1.82) is 0 Å². The van der Waals surface area contributed by atoms with E-state index in [1.54, 1.807) is 42.5 Å². The standard InChI is InChI=1S/C31H26ClNO6S/c32-26-13-9-23(10-14-26)24-11-15-27(16-12-24)40(38,39)33(20-29(34)35)31(30(36)37)19-28(31)25-8-4-7-22(18-25)17-21-5-2-1-3-6-21/h1-16,18,28H,17,19-20H2,(H,34,35)(H,36,37). The first kappa shape index (κ1) is 27.6. The Hall–Kier alpha value is -3.98. The smallest absolute Gasteiger partial charge is 0.325 e. The second kappa shape index (κ2) is 10.9. The summed E-state index contributed by atoms with van der Waals surface area (Å²) in [4.78, 5) is 24.4. The van der Waals surface area contributed by atoms with E-state index in [1.165, 1.54) is 12.1 Å². The maximum absolute atomic E-state index is 13.8. The van der Waals surface area contributed by atoms with E-state index >= 15 is 0 Å². The van der Waals surface area contributed by atoms with Crippen molar-refractivity contribution in [2.45, 2.75) is 29.2 Å². The van der Waals surface area contributed by atoms with E-state index < -0.39 is 40.0 Å². The first-order valence-electron chi connectivity index (χ1n) is 12.6. The highest BCUT2D eigenvalue weighted by atomic mass is 35.5. The zero-order chi connectivity index (χ0) is 28.5. The number of benzene rings is 4. The zero-order valence-corrected chi connectivity index (χ0v) is 22.8.